The van der Waals surface area contributed by atoms with E-state index in [1.807, 2.05) is 0 Å². The average Bonchev–Trinajstić information content (AvgIpc) is 2.35. The van der Waals surface area contributed by atoms with Gasteiger partial charge >= 0.3 is 12.3 Å². The summed E-state index contributed by atoms with van der Waals surface area (Å²) in [4.78, 5) is 14.8. The first-order valence-corrected chi connectivity index (χ1v) is 7.08. The van der Waals surface area contributed by atoms with E-state index >= 15 is 0 Å². The lowest BCUT2D eigenvalue weighted by Crippen LogP contribution is -2.21. The van der Waals surface area contributed by atoms with Crippen LogP contribution in [-0.4, -0.2) is 23.9 Å². The van der Waals surface area contributed by atoms with Gasteiger partial charge in [0.25, 0.3) is 6.43 Å². The van der Waals surface area contributed by atoms with Gasteiger partial charge in [-0.25, -0.2) is 13.8 Å². The molecule has 0 aliphatic rings. The molecule has 0 saturated carbocycles. The molecule has 0 atom stereocenters. The van der Waals surface area contributed by atoms with Gasteiger partial charge in [0, 0.05) is 5.33 Å². The highest BCUT2D eigenvalue weighted by Crippen LogP contribution is 2.35. The first-order valence-electron chi connectivity index (χ1n) is 5.96. The highest BCUT2D eigenvalue weighted by Gasteiger charge is 2.35. The Morgan fingerprint density at radius 1 is 1.41 bits per heavy atom. The molecule has 1 aromatic rings. The largest absolute Gasteiger partial charge is 0.574 e. The van der Waals surface area contributed by atoms with Crippen LogP contribution in [0.15, 0.2) is 6.07 Å². The summed E-state index contributed by atoms with van der Waals surface area (Å²) in [6.45, 7) is 1.53. The number of halogens is 6. The van der Waals surface area contributed by atoms with Crippen molar-refractivity contribution in [3.63, 3.8) is 0 Å². The van der Waals surface area contributed by atoms with E-state index < -0.39 is 36.6 Å². The quantitative estimate of drug-likeness (QED) is 0.419. The Labute approximate surface area is 130 Å². The van der Waals surface area contributed by atoms with Crippen LogP contribution < -0.4 is 4.74 Å². The van der Waals surface area contributed by atoms with E-state index in [1.165, 1.54) is 6.92 Å². The molecule has 124 valence electrons. The van der Waals surface area contributed by atoms with Crippen molar-refractivity contribution in [1.29, 1.82) is 0 Å². The second-order valence-electron chi connectivity index (χ2n) is 3.96. The molecule has 0 saturated heterocycles. The van der Waals surface area contributed by atoms with E-state index in [-0.39, 0.29) is 23.2 Å². The fraction of sp³-hybridized carbons (Fsp3) is 0.500. The molecule has 0 aromatic carbocycles. The Morgan fingerprint density at radius 3 is 2.50 bits per heavy atom. The number of carbonyl (C=O) groups excluding carboxylic acids is 1. The standard InChI is InChI=1S/C12H11BrF5NO3/c1-2-21-8(20)4-6-3-7(5-13)19-11(9(6)10(14)15)22-12(16,17)18/h3,10H,2,4-5H2,1H3. The maximum atomic E-state index is 13.1. The van der Waals surface area contributed by atoms with Crippen LogP contribution in [0.3, 0.4) is 0 Å². The molecule has 1 rings (SSSR count). The lowest BCUT2D eigenvalue weighted by Gasteiger charge is -2.16. The van der Waals surface area contributed by atoms with Gasteiger partial charge in [0.1, 0.15) is 0 Å². The van der Waals surface area contributed by atoms with Crippen molar-refractivity contribution in [2.45, 2.75) is 31.5 Å². The fourth-order valence-electron chi connectivity index (χ4n) is 1.64. The van der Waals surface area contributed by atoms with Gasteiger partial charge < -0.3 is 9.47 Å². The first kappa shape index (κ1) is 18.6. The monoisotopic (exact) mass is 391 g/mol. The molecule has 0 fully saturated rings. The third-order valence-corrected chi connectivity index (χ3v) is 2.94. The Morgan fingerprint density at radius 2 is 2.05 bits per heavy atom. The van der Waals surface area contributed by atoms with Crippen LogP contribution >= 0.6 is 15.9 Å². The summed E-state index contributed by atoms with van der Waals surface area (Å²) in [7, 11) is 0. The minimum absolute atomic E-state index is 0.000556. The molecule has 0 aliphatic heterocycles. The molecule has 10 heteroatoms. The van der Waals surface area contributed by atoms with Crippen LogP contribution in [0.1, 0.15) is 30.2 Å². The van der Waals surface area contributed by atoms with Crippen LogP contribution in [0.25, 0.3) is 0 Å². The second-order valence-corrected chi connectivity index (χ2v) is 4.52. The van der Waals surface area contributed by atoms with E-state index in [9.17, 15) is 26.7 Å². The maximum Gasteiger partial charge on any atom is 0.574 e. The maximum absolute atomic E-state index is 13.1. The van der Waals surface area contributed by atoms with E-state index in [2.05, 4.69) is 30.4 Å². The van der Waals surface area contributed by atoms with Gasteiger partial charge in [-0.1, -0.05) is 15.9 Å². The number of aromatic nitrogens is 1. The van der Waals surface area contributed by atoms with Crippen LogP contribution in [0, 0.1) is 0 Å². The number of nitrogens with zero attached hydrogens (tertiary/aromatic N) is 1. The summed E-state index contributed by atoms with van der Waals surface area (Å²) >= 11 is 2.96. The molecule has 0 aliphatic carbocycles. The molecule has 1 aromatic heterocycles. The van der Waals surface area contributed by atoms with Crippen LogP contribution in [-0.2, 0) is 21.3 Å². The van der Waals surface area contributed by atoms with Crippen LogP contribution in [0.4, 0.5) is 22.0 Å². The predicted molar refractivity (Wildman–Crippen MR) is 68.8 cm³/mol. The van der Waals surface area contributed by atoms with Gasteiger partial charge in [0.05, 0.1) is 24.3 Å². The van der Waals surface area contributed by atoms with Crippen LogP contribution in [0.5, 0.6) is 5.88 Å². The Bertz CT molecular complexity index is 536. The Hall–Kier alpha value is -1.45. The van der Waals surface area contributed by atoms with Crippen LogP contribution in [0.2, 0.25) is 0 Å². The molecule has 0 radical (unpaired) electrons. The van der Waals surface area contributed by atoms with E-state index in [0.717, 1.165) is 6.07 Å². The number of hydrogen-bond acceptors (Lipinski definition) is 4. The number of hydrogen-bond donors (Lipinski definition) is 0. The minimum Gasteiger partial charge on any atom is -0.466 e. The van der Waals surface area contributed by atoms with Crippen molar-refractivity contribution in [3.8, 4) is 5.88 Å². The van der Waals surface area contributed by atoms with Crippen molar-refractivity contribution in [3.05, 3.63) is 22.9 Å². The number of esters is 1. The van der Waals surface area contributed by atoms with Gasteiger partial charge in [-0.3, -0.25) is 4.79 Å². The first-order chi connectivity index (χ1) is 10.2. The van der Waals surface area contributed by atoms with Crippen molar-refractivity contribution in [1.82, 2.24) is 4.98 Å². The SMILES string of the molecule is CCOC(=O)Cc1cc(CBr)nc(OC(F)(F)F)c1C(F)F. The van der Waals surface area contributed by atoms with E-state index in [4.69, 9.17) is 0 Å². The van der Waals surface area contributed by atoms with Crippen molar-refractivity contribution < 1.29 is 36.2 Å². The summed E-state index contributed by atoms with van der Waals surface area (Å²) in [6, 6.07) is 1.11. The van der Waals surface area contributed by atoms with Gasteiger partial charge in [0.2, 0.25) is 5.88 Å². The number of rotatable bonds is 6. The van der Waals surface area contributed by atoms with Crippen molar-refractivity contribution >= 4 is 21.9 Å². The molecule has 0 amide bonds. The second kappa shape index (κ2) is 7.70. The average molecular weight is 392 g/mol. The molecule has 0 unspecified atom stereocenters. The van der Waals surface area contributed by atoms with Gasteiger partial charge in [-0.15, -0.1) is 13.2 Å². The number of ether oxygens (including phenoxy) is 2. The lowest BCUT2D eigenvalue weighted by atomic mass is 10.1. The summed E-state index contributed by atoms with van der Waals surface area (Å²) in [5.74, 6) is -2.10. The summed E-state index contributed by atoms with van der Waals surface area (Å²) < 4.78 is 71.3. The molecule has 0 bridgehead atoms. The smallest absolute Gasteiger partial charge is 0.466 e. The summed E-state index contributed by atoms with van der Waals surface area (Å²) in [5, 5.41) is 0.000556. The number of alkyl halides is 6. The minimum atomic E-state index is -5.18. The molecule has 0 N–H and O–H groups in total. The highest BCUT2D eigenvalue weighted by atomic mass is 79.9. The molecular weight excluding hydrogens is 381 g/mol. The Balaban J connectivity index is 3.33. The zero-order chi connectivity index (χ0) is 16.9. The zero-order valence-corrected chi connectivity index (χ0v) is 12.8. The van der Waals surface area contributed by atoms with Crippen molar-refractivity contribution in [2.24, 2.45) is 0 Å². The lowest BCUT2D eigenvalue weighted by molar-refractivity contribution is -0.276. The highest BCUT2D eigenvalue weighted by molar-refractivity contribution is 9.08. The van der Waals surface area contributed by atoms with E-state index in [1.54, 1.807) is 0 Å². The molecule has 1 heterocycles. The third kappa shape index (κ3) is 5.39. The zero-order valence-electron chi connectivity index (χ0n) is 11.2. The Kier molecular flexibility index (Phi) is 6.51. The molecule has 4 nitrogen and oxygen atoms in total. The summed E-state index contributed by atoms with van der Waals surface area (Å²) in [5.41, 5.74) is -1.38. The van der Waals surface area contributed by atoms with Gasteiger partial charge in [-0.05, 0) is 18.6 Å². The summed E-state index contributed by atoms with van der Waals surface area (Å²) in [6.07, 6.45) is -9.08. The normalized spacial score (nSPS) is 11.6. The number of carbonyl (C=O) groups is 1. The number of pyridine rings is 1. The molecular formula is C12H11BrF5NO3. The van der Waals surface area contributed by atoms with Gasteiger partial charge in [-0.2, -0.15) is 0 Å². The van der Waals surface area contributed by atoms with E-state index in [0.29, 0.717) is 0 Å². The van der Waals surface area contributed by atoms with Gasteiger partial charge in [0.15, 0.2) is 0 Å². The fourth-order valence-corrected chi connectivity index (χ4v) is 1.93. The predicted octanol–water partition coefficient (Wildman–Crippen LogP) is 3.92. The molecule has 0 spiro atoms. The van der Waals surface area contributed by atoms with Crippen molar-refractivity contribution in [2.75, 3.05) is 6.61 Å². The topological polar surface area (TPSA) is 48.4 Å². The third-order valence-electron chi connectivity index (χ3n) is 2.37. The molecule has 22 heavy (non-hydrogen) atoms.